The number of carbonyl (C=O) groups is 5. The predicted octanol–water partition coefficient (Wildman–Crippen LogP) is 24.0. The Kier molecular flexibility index (Phi) is 38.3. The highest BCUT2D eigenvalue weighted by Gasteiger charge is 2.20. The van der Waals surface area contributed by atoms with Crippen molar-refractivity contribution in [2.75, 3.05) is 48.8 Å². The van der Waals surface area contributed by atoms with Crippen molar-refractivity contribution in [2.24, 2.45) is 0 Å². The van der Waals surface area contributed by atoms with Crippen molar-refractivity contribution in [3.63, 3.8) is 0 Å². The van der Waals surface area contributed by atoms with Crippen LogP contribution in [0, 0.1) is 116 Å². The fraction of sp³-hybridized carbons (Fsp3) is 0.244. The van der Waals surface area contributed by atoms with E-state index in [2.05, 4.69) is 103 Å². The highest BCUT2D eigenvalue weighted by Crippen LogP contribution is 2.35. The zero-order chi connectivity index (χ0) is 99.0. The molecule has 694 valence electrons. The second-order valence-electron chi connectivity index (χ2n) is 33.0. The molecule has 1 aliphatic carbocycles. The normalized spacial score (nSPS) is 12.7. The van der Waals surface area contributed by atoms with E-state index in [9.17, 15) is 65.6 Å². The molecule has 0 fully saturated rings. The number of phenolic OH excluding ortho intramolecular Hbond substituents is 3. The van der Waals surface area contributed by atoms with E-state index in [1.807, 2.05) is 0 Å². The Bertz CT molecular complexity index is 6910. The number of ether oxygens (including phenoxy) is 7. The van der Waals surface area contributed by atoms with Gasteiger partial charge in [-0.15, -0.1) is 0 Å². The fourth-order valence-electron chi connectivity index (χ4n) is 15.4. The number of allylic oxidation sites excluding steroid dienone is 5. The van der Waals surface area contributed by atoms with Crippen LogP contribution in [0.25, 0.3) is 58.2 Å². The van der Waals surface area contributed by atoms with Crippen molar-refractivity contribution in [1.82, 2.24) is 0 Å². The summed E-state index contributed by atoms with van der Waals surface area (Å²) in [5.74, 6) is 27.8. The maximum absolute atomic E-state index is 13.2. The van der Waals surface area contributed by atoms with Gasteiger partial charge < -0.3 is 48.5 Å². The van der Waals surface area contributed by atoms with Crippen LogP contribution < -0.4 is 9.47 Å². The Morgan fingerprint density at radius 3 is 0.655 bits per heavy atom. The van der Waals surface area contributed by atoms with Crippen LogP contribution in [-0.4, -0.2) is 93.9 Å². The molecule has 3 N–H and O–H groups in total. The van der Waals surface area contributed by atoms with Gasteiger partial charge in [0.25, 0.3) is 0 Å². The van der Waals surface area contributed by atoms with Crippen molar-refractivity contribution in [3.05, 3.63) is 321 Å². The standard InChI is InChI=1S/C119H103N5O15/c1-8-10-12-14-16-18-20-22-24-26-48-138-113-73-98(118(131)136-6)46-41-93(113)36-31-83-53-88-63-104(59-83)109(79-124)69-89-54-84(32-37-94-42-47-99(119(132)137-7)74-114(94)139-49-27-25-23-21-19-17-15-13-11-9-2)58-103(64-89)108(78-123)67-87-52-82(30-35-92-40-45-97(72-112(92)127)117(130)135-5)56-101(62-87)106(76-121)65-85-50-80(28-33-90-38-43-95(70-110(90)125)115(128)133-3)55-100(60-85)105(75-120)66-86-51-81(57-102(61-86)107(68-88)77-122)29-34-91-39-44-96(71-111(91)126)116(129)134-4/h38-47,50-74,125-127H,8-27,48-49H2,1-7H3/b105-66+,106-65+,107-68?,108-67+,109-69+. The number of hydrogen-bond donors (Lipinski definition) is 3. The number of fused-ring (bicyclic) bond motifs is 10. The molecule has 0 amide bonds. The number of nitrogens with zero attached hydrogens (tertiary/aromatic N) is 5. The Morgan fingerprint density at radius 2 is 0.446 bits per heavy atom. The first-order valence-corrected chi connectivity index (χ1v) is 46.0. The molecule has 0 saturated carbocycles. The summed E-state index contributed by atoms with van der Waals surface area (Å²) in [4.78, 5) is 64.2. The summed E-state index contributed by atoms with van der Waals surface area (Å²) in [6.45, 7) is 5.06. The monoisotopic (exact) mass is 1840 g/mol. The van der Waals surface area contributed by atoms with Gasteiger partial charge in [-0.25, -0.2) is 24.0 Å². The number of aromatic hydroxyl groups is 3. The molecular formula is C119H103N5O15. The molecule has 0 aromatic heterocycles. The number of nitriles is 5. The molecule has 10 aromatic rings. The van der Waals surface area contributed by atoms with E-state index in [4.69, 9.17) is 33.2 Å². The van der Waals surface area contributed by atoms with Gasteiger partial charge in [0, 0.05) is 27.8 Å². The second kappa shape index (κ2) is 52.2. The number of carbonyl (C=O) groups excluding carboxylic acids is 5. The quantitative estimate of drug-likeness (QED) is 0.0170. The molecule has 0 unspecified atom stereocenters. The topological polar surface area (TPSA) is 330 Å². The minimum atomic E-state index is -0.703. The average Bonchev–Trinajstić information content (AvgIpc) is 0.872. The molecule has 20 heteroatoms. The summed E-state index contributed by atoms with van der Waals surface area (Å²) < 4.78 is 37.9. The largest absolute Gasteiger partial charge is 0.507 e. The van der Waals surface area contributed by atoms with E-state index in [1.54, 1.807) is 158 Å². The Labute approximate surface area is 812 Å². The summed E-state index contributed by atoms with van der Waals surface area (Å²) >= 11 is 0. The Balaban J connectivity index is 1.18. The first-order valence-electron chi connectivity index (χ1n) is 46.0. The lowest BCUT2D eigenvalue weighted by Gasteiger charge is -2.10. The molecule has 0 spiro atoms. The Morgan fingerprint density at radius 1 is 0.245 bits per heavy atom. The van der Waals surface area contributed by atoms with Crippen LogP contribution >= 0.6 is 0 Å². The van der Waals surface area contributed by atoms with Crippen LogP contribution in [0.2, 0.25) is 0 Å². The zero-order valence-corrected chi connectivity index (χ0v) is 78.7. The average molecular weight is 1840 g/mol. The lowest BCUT2D eigenvalue weighted by Crippen LogP contribution is -2.04. The van der Waals surface area contributed by atoms with Crippen molar-refractivity contribution >= 4 is 88.1 Å². The van der Waals surface area contributed by atoms with Gasteiger partial charge in [0.1, 0.15) is 28.7 Å². The van der Waals surface area contributed by atoms with Crippen LogP contribution in [0.4, 0.5) is 0 Å². The highest BCUT2D eigenvalue weighted by atomic mass is 16.5. The molecule has 139 heavy (non-hydrogen) atoms. The third kappa shape index (κ3) is 29.7. The molecule has 0 radical (unpaired) electrons. The molecular weight excluding hydrogens is 1740 g/mol. The first kappa shape index (κ1) is 102. The number of phenols is 3. The smallest absolute Gasteiger partial charge is 0.337 e. The van der Waals surface area contributed by atoms with Gasteiger partial charge in [-0.2, -0.15) is 26.3 Å². The van der Waals surface area contributed by atoms with Gasteiger partial charge in [-0.05, 0) is 281 Å². The zero-order valence-electron chi connectivity index (χ0n) is 78.7. The minimum Gasteiger partial charge on any atom is -0.507 e. The molecule has 10 aromatic carbocycles. The summed E-state index contributed by atoms with van der Waals surface area (Å²) in [6, 6.07) is 58.9. The maximum Gasteiger partial charge on any atom is 0.337 e. The Hall–Kier alpha value is -17.5. The van der Waals surface area contributed by atoms with Crippen molar-refractivity contribution < 1.29 is 72.5 Å². The molecule has 0 atom stereocenters. The summed E-state index contributed by atoms with van der Waals surface area (Å²) in [5.41, 5.74) is 6.44. The number of esters is 5. The molecule has 1 aliphatic rings. The lowest BCUT2D eigenvalue weighted by molar-refractivity contribution is 0.0591. The van der Waals surface area contributed by atoms with Gasteiger partial charge in [0.15, 0.2) is 0 Å². The molecule has 10 bridgehead atoms. The summed E-state index contributed by atoms with van der Waals surface area (Å²) in [5, 5.41) is 92.1. The molecule has 0 heterocycles. The van der Waals surface area contributed by atoms with Crippen LogP contribution in [0.5, 0.6) is 28.7 Å². The maximum atomic E-state index is 13.2. The van der Waals surface area contributed by atoms with Gasteiger partial charge in [-0.1, -0.05) is 189 Å². The molecule has 0 aliphatic heterocycles. The summed E-state index contributed by atoms with van der Waals surface area (Å²) in [7, 11) is 6.20. The highest BCUT2D eigenvalue weighted by molar-refractivity contribution is 6.00. The van der Waals surface area contributed by atoms with E-state index in [-0.39, 0.29) is 129 Å². The number of rotatable bonds is 29. The number of methoxy groups -OCH3 is 5. The fourth-order valence-corrected chi connectivity index (χ4v) is 15.4. The van der Waals surface area contributed by atoms with E-state index in [1.165, 1.54) is 154 Å². The SMILES string of the molecule is CCCCCCCCCCCCOc1cc(C(=O)OC)ccc1C#Cc1cc2cc(c1)/C(C#N)=C/c1cc(C#Cc3ccc(C(=O)OC)cc3OCCCCCCCCCCCC)cc(c1)/C(C#N)=C/c1cc(C#Cc3ccc(C(=O)OC)cc3O)cc(c1)/C(C#N)=C/c1cc(C#Cc3ccc(C(=O)OC)cc3O)cc(c1)/C(C#N)=C/c1cc(C#Cc3ccc(C(=O)OC)cc3O)cc(c1)C(C#N)=C2. The number of unbranched alkanes of at least 4 members (excludes halogenated alkanes) is 18. The van der Waals surface area contributed by atoms with Crippen molar-refractivity contribution in [3.8, 4) is 118 Å². The van der Waals surface area contributed by atoms with Gasteiger partial charge in [-0.3, -0.25) is 0 Å². The van der Waals surface area contributed by atoms with Gasteiger partial charge in [0.05, 0.1) is 163 Å². The van der Waals surface area contributed by atoms with Crippen LogP contribution in [0.3, 0.4) is 0 Å². The number of benzene rings is 10. The number of hydrogen-bond acceptors (Lipinski definition) is 20. The third-order valence-electron chi connectivity index (χ3n) is 22.8. The van der Waals surface area contributed by atoms with Gasteiger partial charge in [0.2, 0.25) is 0 Å². The van der Waals surface area contributed by atoms with E-state index < -0.39 is 29.8 Å². The first-order chi connectivity index (χ1) is 67.6. The van der Waals surface area contributed by atoms with Crippen molar-refractivity contribution in [1.29, 1.82) is 26.3 Å². The van der Waals surface area contributed by atoms with Crippen LogP contribution in [-0.2, 0) is 23.7 Å². The molecule has 20 nitrogen and oxygen atoms in total. The van der Waals surface area contributed by atoms with Crippen LogP contribution in [0.1, 0.15) is 305 Å². The summed E-state index contributed by atoms with van der Waals surface area (Å²) in [6.07, 6.45) is 30.0. The van der Waals surface area contributed by atoms with Crippen LogP contribution in [0.15, 0.2) is 182 Å². The van der Waals surface area contributed by atoms with Crippen molar-refractivity contribution in [2.45, 2.75) is 142 Å². The minimum absolute atomic E-state index is 0.0125. The van der Waals surface area contributed by atoms with E-state index >= 15 is 0 Å². The second-order valence-corrected chi connectivity index (χ2v) is 33.0. The van der Waals surface area contributed by atoms with Gasteiger partial charge >= 0.3 is 29.8 Å². The lowest BCUT2D eigenvalue weighted by atomic mass is 9.93. The van der Waals surface area contributed by atoms with E-state index in [0.29, 0.717) is 80.3 Å². The van der Waals surface area contributed by atoms with E-state index in [0.717, 1.165) is 64.2 Å². The third-order valence-corrected chi connectivity index (χ3v) is 22.8. The predicted molar refractivity (Wildman–Crippen MR) is 538 cm³/mol. The molecule has 0 saturated heterocycles. The molecule has 11 rings (SSSR count).